The van der Waals surface area contributed by atoms with E-state index < -0.39 is 23.5 Å². The molecule has 1 aliphatic heterocycles. The summed E-state index contributed by atoms with van der Waals surface area (Å²) >= 11 is 2.83. The van der Waals surface area contributed by atoms with Crippen LogP contribution in [0.1, 0.15) is 6.42 Å². The van der Waals surface area contributed by atoms with E-state index in [1.807, 2.05) is 0 Å². The molecule has 60 valence electrons. The Morgan fingerprint density at radius 3 is 2.30 bits per heavy atom. The van der Waals surface area contributed by atoms with Crippen molar-refractivity contribution in [3.63, 3.8) is 0 Å². The summed E-state index contributed by atoms with van der Waals surface area (Å²) in [6, 6.07) is 0. The number of ether oxygens (including phenoxy) is 1. The minimum absolute atomic E-state index is 0.160. The van der Waals surface area contributed by atoms with E-state index in [-0.39, 0.29) is 6.42 Å². The number of alkyl halides is 1. The van der Waals surface area contributed by atoms with Gasteiger partial charge in [0, 0.05) is 6.42 Å². The van der Waals surface area contributed by atoms with Crippen molar-refractivity contribution in [3.8, 4) is 0 Å². The Balaban J connectivity index is 2.46. The predicted molar refractivity (Wildman–Crippen MR) is 36.4 cm³/mol. The summed E-state index contributed by atoms with van der Waals surface area (Å²) in [5.41, 5.74) is 0. The highest BCUT2D eigenvalue weighted by Crippen LogP contribution is 2.23. The van der Waals surface area contributed by atoms with Gasteiger partial charge in [0.25, 0.3) is 0 Å². The largest absolute Gasteiger partial charge is 0.390 e. The van der Waals surface area contributed by atoms with Gasteiger partial charge in [-0.1, -0.05) is 15.9 Å². The zero-order valence-electron chi connectivity index (χ0n) is 5.14. The summed E-state index contributed by atoms with van der Waals surface area (Å²) in [4.78, 5) is 0. The lowest BCUT2D eigenvalue weighted by molar-refractivity contribution is -0.112. The van der Waals surface area contributed by atoms with Crippen molar-refractivity contribution in [1.29, 1.82) is 0 Å². The second kappa shape index (κ2) is 3.15. The minimum atomic E-state index is -0.952. The summed E-state index contributed by atoms with van der Waals surface area (Å²) in [5, 5.41) is 25.8. The fraction of sp³-hybridized carbons (Fsp3) is 1.00. The van der Waals surface area contributed by atoms with Crippen LogP contribution in [0.2, 0.25) is 0 Å². The maximum absolute atomic E-state index is 9.05. The van der Waals surface area contributed by atoms with Crippen molar-refractivity contribution in [3.05, 3.63) is 0 Å². The van der Waals surface area contributed by atoms with E-state index in [4.69, 9.17) is 20.1 Å². The first-order chi connectivity index (χ1) is 4.61. The van der Waals surface area contributed by atoms with Gasteiger partial charge in [-0.2, -0.15) is 0 Å². The number of hydrogen-bond donors (Lipinski definition) is 3. The quantitative estimate of drug-likeness (QED) is 0.497. The first-order valence-corrected chi connectivity index (χ1v) is 3.86. The third-order valence-corrected chi connectivity index (χ3v) is 1.93. The molecular weight excluding hydrogens is 204 g/mol. The standard InChI is InChI=1S/C5H9BrO4/c6-5(9)4-2(7)1-3(8)10-4/h2-5,7-9H,1H2/t2-,3-,4-,5?/m0/s1. The molecule has 0 aliphatic carbocycles. The summed E-state index contributed by atoms with van der Waals surface area (Å²) < 4.78 is 4.74. The Morgan fingerprint density at radius 2 is 2.10 bits per heavy atom. The maximum atomic E-state index is 9.05. The van der Waals surface area contributed by atoms with Crippen LogP contribution < -0.4 is 0 Å². The zero-order valence-corrected chi connectivity index (χ0v) is 6.73. The van der Waals surface area contributed by atoms with E-state index in [0.29, 0.717) is 0 Å². The second-order valence-corrected chi connectivity index (χ2v) is 3.17. The van der Waals surface area contributed by atoms with Gasteiger partial charge in [-0.3, -0.25) is 0 Å². The van der Waals surface area contributed by atoms with Gasteiger partial charge < -0.3 is 20.1 Å². The molecule has 10 heavy (non-hydrogen) atoms. The molecular formula is C5H9BrO4. The first kappa shape index (κ1) is 8.42. The lowest BCUT2D eigenvalue weighted by atomic mass is 10.2. The molecule has 0 spiro atoms. The summed E-state index contributed by atoms with van der Waals surface area (Å²) in [5.74, 6) is 0. The smallest absolute Gasteiger partial charge is 0.157 e. The van der Waals surface area contributed by atoms with Crippen molar-refractivity contribution in [2.24, 2.45) is 0 Å². The average molecular weight is 213 g/mol. The van der Waals surface area contributed by atoms with Crippen molar-refractivity contribution in [2.45, 2.75) is 29.9 Å². The highest BCUT2D eigenvalue weighted by Gasteiger charge is 2.36. The number of aliphatic hydroxyl groups is 3. The minimum Gasteiger partial charge on any atom is -0.390 e. The number of aliphatic hydroxyl groups excluding tert-OH is 3. The molecule has 1 fully saturated rings. The molecule has 5 heteroatoms. The highest BCUT2D eigenvalue weighted by atomic mass is 79.9. The van der Waals surface area contributed by atoms with Crippen LogP contribution in [0.5, 0.6) is 0 Å². The topological polar surface area (TPSA) is 69.9 Å². The molecule has 0 radical (unpaired) electrons. The summed E-state index contributed by atoms with van der Waals surface area (Å²) in [7, 11) is 0. The van der Waals surface area contributed by atoms with Gasteiger partial charge >= 0.3 is 0 Å². The number of hydrogen-bond acceptors (Lipinski definition) is 4. The molecule has 1 saturated heterocycles. The maximum Gasteiger partial charge on any atom is 0.157 e. The fourth-order valence-electron chi connectivity index (χ4n) is 0.916. The van der Waals surface area contributed by atoms with Crippen LogP contribution in [0.15, 0.2) is 0 Å². The first-order valence-electron chi connectivity index (χ1n) is 2.95. The molecule has 0 amide bonds. The molecule has 1 unspecified atom stereocenters. The highest BCUT2D eigenvalue weighted by molar-refractivity contribution is 9.09. The Hall–Kier alpha value is 0.320. The number of halogens is 1. The van der Waals surface area contributed by atoms with Gasteiger partial charge in [0.15, 0.2) is 6.29 Å². The van der Waals surface area contributed by atoms with Crippen LogP contribution in [0.4, 0.5) is 0 Å². The molecule has 0 aromatic heterocycles. The zero-order chi connectivity index (χ0) is 7.72. The molecule has 0 aromatic rings. The molecule has 0 saturated carbocycles. The molecule has 1 heterocycles. The van der Waals surface area contributed by atoms with E-state index in [1.165, 1.54) is 0 Å². The van der Waals surface area contributed by atoms with Crippen molar-refractivity contribution in [2.75, 3.05) is 0 Å². The molecule has 1 aliphatic rings. The van der Waals surface area contributed by atoms with Crippen molar-refractivity contribution < 1.29 is 20.1 Å². The molecule has 4 atom stereocenters. The van der Waals surface area contributed by atoms with Crippen LogP contribution in [0.25, 0.3) is 0 Å². The van der Waals surface area contributed by atoms with Gasteiger partial charge in [-0.05, 0) is 0 Å². The number of rotatable bonds is 1. The van der Waals surface area contributed by atoms with Gasteiger partial charge in [0.05, 0.1) is 6.10 Å². The van der Waals surface area contributed by atoms with Gasteiger partial charge in [0.1, 0.15) is 11.1 Å². The second-order valence-electron chi connectivity index (χ2n) is 2.23. The summed E-state index contributed by atoms with van der Waals surface area (Å²) in [6.45, 7) is 0. The average Bonchev–Trinajstić information content (AvgIpc) is 2.10. The normalized spacial score (nSPS) is 43.8. The van der Waals surface area contributed by atoms with Gasteiger partial charge in [-0.25, -0.2) is 0 Å². The van der Waals surface area contributed by atoms with E-state index in [0.717, 1.165) is 0 Å². The van der Waals surface area contributed by atoms with Crippen LogP contribution in [0, 0.1) is 0 Å². The SMILES string of the molecule is OC(Br)[C@H]1O[C@H](O)C[C@@H]1O. The van der Waals surface area contributed by atoms with Crippen LogP contribution in [-0.4, -0.2) is 38.8 Å². The lowest BCUT2D eigenvalue weighted by Crippen LogP contribution is -2.30. The van der Waals surface area contributed by atoms with Gasteiger partial charge in [-0.15, -0.1) is 0 Å². The third kappa shape index (κ3) is 1.67. The molecule has 1 rings (SSSR count). The monoisotopic (exact) mass is 212 g/mol. The van der Waals surface area contributed by atoms with Crippen LogP contribution in [-0.2, 0) is 4.74 Å². The van der Waals surface area contributed by atoms with Crippen molar-refractivity contribution in [1.82, 2.24) is 0 Å². The lowest BCUT2D eigenvalue weighted by Gasteiger charge is -2.14. The molecule has 3 N–H and O–H groups in total. The molecule has 0 bridgehead atoms. The third-order valence-electron chi connectivity index (χ3n) is 1.41. The summed E-state index contributed by atoms with van der Waals surface area (Å²) in [6.07, 6.45) is -2.29. The molecule has 0 aromatic carbocycles. The van der Waals surface area contributed by atoms with Crippen LogP contribution >= 0.6 is 15.9 Å². The molecule has 4 nitrogen and oxygen atoms in total. The Morgan fingerprint density at radius 1 is 1.50 bits per heavy atom. The van der Waals surface area contributed by atoms with E-state index in [2.05, 4.69) is 15.9 Å². The Bertz CT molecular complexity index is 118. The fourth-order valence-corrected chi connectivity index (χ4v) is 1.39. The Labute approximate surface area is 66.6 Å². The predicted octanol–water partition coefficient (Wildman–Crippen LogP) is -0.832. The van der Waals surface area contributed by atoms with E-state index >= 15 is 0 Å². The van der Waals surface area contributed by atoms with Gasteiger partial charge in [0.2, 0.25) is 0 Å². The van der Waals surface area contributed by atoms with Crippen LogP contribution in [0.3, 0.4) is 0 Å². The van der Waals surface area contributed by atoms with Crippen molar-refractivity contribution >= 4 is 15.9 Å². The van der Waals surface area contributed by atoms with E-state index in [9.17, 15) is 0 Å². The van der Waals surface area contributed by atoms with E-state index in [1.54, 1.807) is 0 Å². The Kier molecular flexibility index (Phi) is 2.65.